The Hall–Kier alpha value is -0.700. The van der Waals surface area contributed by atoms with Crippen LogP contribution in [0.5, 0.6) is 0 Å². The maximum atomic E-state index is 10.4. The van der Waals surface area contributed by atoms with Crippen LogP contribution in [0.4, 0.5) is 0 Å². The van der Waals surface area contributed by atoms with E-state index < -0.39 is 0 Å². The number of halogens is 1. The van der Waals surface area contributed by atoms with E-state index in [0.717, 1.165) is 0 Å². The maximum absolute atomic E-state index is 10.4. The summed E-state index contributed by atoms with van der Waals surface area (Å²) in [6.07, 6.45) is 2.52. The number of aromatic amines is 1. The van der Waals surface area contributed by atoms with Crippen molar-refractivity contribution in [1.29, 1.82) is 0 Å². The van der Waals surface area contributed by atoms with Crippen molar-refractivity contribution in [2.75, 3.05) is 0 Å². The lowest BCUT2D eigenvalue weighted by Crippen LogP contribution is -2.11. The molecule has 0 atom stereocenters. The van der Waals surface area contributed by atoms with Crippen LogP contribution in [0.3, 0.4) is 0 Å². The average molecular weight is 132 g/mol. The van der Waals surface area contributed by atoms with Gasteiger partial charge in [-0.05, 0) is 0 Å². The molecule has 1 N–H and O–H groups in total. The zero-order chi connectivity index (χ0) is 6.15. The Labute approximate surface area is 50.9 Å². The predicted molar refractivity (Wildman–Crippen MR) is 29.9 cm³/mol. The fourth-order valence-electron chi connectivity index (χ4n) is 0.404. The summed E-state index contributed by atoms with van der Waals surface area (Å²) >= 11 is 5.33. The largest absolute Gasteiger partial charge is 0.326 e. The molecule has 0 aliphatic heterocycles. The van der Waals surface area contributed by atoms with Gasteiger partial charge in [0.05, 0.1) is 0 Å². The van der Waals surface area contributed by atoms with E-state index in [2.05, 4.69) is 11.2 Å². The highest BCUT2D eigenvalue weighted by Gasteiger charge is 1.92. The van der Waals surface area contributed by atoms with Crippen LogP contribution in [0.1, 0.15) is 0 Å². The third kappa shape index (κ3) is 0.767. The number of aromatic nitrogens is 2. The molecule has 0 unspecified atom stereocenters. The molecule has 8 heavy (non-hydrogen) atoms. The molecular weight excluding hydrogens is 128 g/mol. The Morgan fingerprint density at radius 2 is 2.50 bits per heavy atom. The minimum Gasteiger partial charge on any atom is -0.296 e. The average Bonchev–Trinajstić information content (AvgIpc) is 1.85. The van der Waals surface area contributed by atoms with Crippen molar-refractivity contribution in [2.45, 2.75) is 0 Å². The zero-order valence-electron chi connectivity index (χ0n) is 4.23. The lowest BCUT2D eigenvalue weighted by Gasteiger charge is -1.75. The first kappa shape index (κ1) is 5.44. The molecule has 1 heterocycles. The van der Waals surface area contributed by atoms with E-state index in [4.69, 9.17) is 11.6 Å². The first-order valence-electron chi connectivity index (χ1n) is 2.04. The second kappa shape index (κ2) is 1.67. The minimum atomic E-state index is -0.241. The Balaban J connectivity index is 3.35. The Morgan fingerprint density at radius 1 is 1.88 bits per heavy atom. The second-order valence-corrected chi connectivity index (χ2v) is 1.79. The molecule has 0 amide bonds. The number of imidazole rings is 1. The van der Waals surface area contributed by atoms with Crippen LogP contribution < -0.4 is 5.69 Å². The monoisotopic (exact) mass is 131 g/mol. The lowest BCUT2D eigenvalue weighted by molar-refractivity contribution is 0.856. The molecule has 0 aromatic carbocycles. The number of aryl methyl sites for hydroxylation is 1. The van der Waals surface area contributed by atoms with E-state index in [0.29, 0.717) is 0 Å². The topological polar surface area (TPSA) is 37.8 Å². The summed E-state index contributed by atoms with van der Waals surface area (Å²) in [5.74, 6) is 0. The number of nitrogens with one attached hydrogen (secondary N) is 1. The van der Waals surface area contributed by atoms with Crippen LogP contribution in [0.25, 0.3) is 0 Å². The number of H-pyrrole nitrogens is 1. The van der Waals surface area contributed by atoms with Crippen molar-refractivity contribution in [3.05, 3.63) is 21.8 Å². The van der Waals surface area contributed by atoms with Gasteiger partial charge in [0.25, 0.3) is 0 Å². The van der Waals surface area contributed by atoms with E-state index in [1.54, 1.807) is 7.05 Å². The molecule has 1 aromatic heterocycles. The smallest absolute Gasteiger partial charge is 0.296 e. The Kier molecular flexibility index (Phi) is 1.13. The summed E-state index contributed by atoms with van der Waals surface area (Å²) in [6, 6.07) is 0. The number of hydrogen-bond acceptors (Lipinski definition) is 1. The van der Waals surface area contributed by atoms with E-state index in [1.807, 2.05) is 0 Å². The fourth-order valence-corrected chi connectivity index (χ4v) is 0.611. The number of rotatable bonds is 0. The van der Waals surface area contributed by atoms with Gasteiger partial charge in [-0.25, -0.2) is 4.79 Å². The molecule has 43 valence electrons. The minimum absolute atomic E-state index is 0.241. The van der Waals surface area contributed by atoms with Gasteiger partial charge in [0, 0.05) is 7.05 Å². The van der Waals surface area contributed by atoms with Gasteiger partial charge in [-0.3, -0.25) is 9.55 Å². The van der Waals surface area contributed by atoms with Crippen molar-refractivity contribution in [1.82, 2.24) is 9.55 Å². The summed E-state index contributed by atoms with van der Waals surface area (Å²) in [4.78, 5) is 12.8. The van der Waals surface area contributed by atoms with Gasteiger partial charge < -0.3 is 0 Å². The first-order chi connectivity index (χ1) is 3.70. The SMILES string of the molecule is Cn1[c]c(Cl)[nH]c1=O. The van der Waals surface area contributed by atoms with Crippen molar-refractivity contribution in [3.8, 4) is 0 Å². The predicted octanol–water partition coefficient (Wildman–Crippen LogP) is 0.167. The van der Waals surface area contributed by atoms with Crippen LogP contribution in [0.2, 0.25) is 5.15 Å². The summed E-state index contributed by atoms with van der Waals surface area (Å²) in [5, 5.41) is 0.248. The Morgan fingerprint density at radius 3 is 2.62 bits per heavy atom. The van der Waals surface area contributed by atoms with E-state index in [1.165, 1.54) is 4.57 Å². The second-order valence-electron chi connectivity index (χ2n) is 1.41. The zero-order valence-corrected chi connectivity index (χ0v) is 4.99. The van der Waals surface area contributed by atoms with E-state index in [9.17, 15) is 4.79 Å². The molecular formula is C4H4ClN2O. The molecule has 3 nitrogen and oxygen atoms in total. The molecule has 0 fully saturated rings. The molecule has 1 radical (unpaired) electrons. The molecule has 1 rings (SSSR count). The van der Waals surface area contributed by atoms with Crippen LogP contribution in [-0.2, 0) is 7.05 Å². The van der Waals surface area contributed by atoms with Crippen molar-refractivity contribution in [3.63, 3.8) is 0 Å². The Bertz CT molecular complexity index is 236. The highest BCUT2D eigenvalue weighted by Crippen LogP contribution is 1.94. The van der Waals surface area contributed by atoms with Gasteiger partial charge in [-0.1, -0.05) is 11.6 Å². The van der Waals surface area contributed by atoms with Crippen LogP contribution in [0.15, 0.2) is 4.79 Å². The van der Waals surface area contributed by atoms with Crippen LogP contribution in [-0.4, -0.2) is 9.55 Å². The van der Waals surface area contributed by atoms with Gasteiger partial charge in [0.1, 0.15) is 11.3 Å². The number of hydrogen-bond donors (Lipinski definition) is 1. The molecule has 0 saturated heterocycles. The molecule has 0 aliphatic rings. The normalized spacial score (nSPS) is 9.75. The van der Waals surface area contributed by atoms with Crippen molar-refractivity contribution in [2.24, 2.45) is 7.05 Å². The van der Waals surface area contributed by atoms with Gasteiger partial charge in [0.2, 0.25) is 0 Å². The lowest BCUT2D eigenvalue weighted by atomic mass is 10.9. The molecule has 0 bridgehead atoms. The van der Waals surface area contributed by atoms with Crippen molar-refractivity contribution >= 4 is 11.6 Å². The maximum Gasteiger partial charge on any atom is 0.326 e. The highest BCUT2D eigenvalue weighted by atomic mass is 35.5. The standard InChI is InChI=1S/C4H4ClN2O/c1-7-2-3(5)6-4(7)8/h1H3,(H,6,8). The van der Waals surface area contributed by atoms with E-state index >= 15 is 0 Å². The molecule has 4 heteroatoms. The van der Waals surface area contributed by atoms with Gasteiger partial charge >= 0.3 is 5.69 Å². The van der Waals surface area contributed by atoms with Crippen molar-refractivity contribution < 1.29 is 0 Å². The first-order valence-corrected chi connectivity index (χ1v) is 2.42. The van der Waals surface area contributed by atoms with Gasteiger partial charge in [-0.2, -0.15) is 0 Å². The van der Waals surface area contributed by atoms with E-state index in [-0.39, 0.29) is 10.8 Å². The summed E-state index contributed by atoms with van der Waals surface area (Å²) in [7, 11) is 1.57. The van der Waals surface area contributed by atoms with Crippen LogP contribution in [0, 0.1) is 6.20 Å². The molecule has 0 spiro atoms. The summed E-state index contributed by atoms with van der Waals surface area (Å²) in [6.45, 7) is 0. The molecule has 1 aromatic rings. The third-order valence-electron chi connectivity index (χ3n) is 0.787. The van der Waals surface area contributed by atoms with Gasteiger partial charge in [-0.15, -0.1) is 0 Å². The fraction of sp³-hybridized carbons (Fsp3) is 0.250. The number of nitrogens with zero attached hydrogens (tertiary/aromatic N) is 1. The summed E-state index contributed by atoms with van der Waals surface area (Å²) < 4.78 is 1.25. The molecule has 0 saturated carbocycles. The quantitative estimate of drug-likeness (QED) is 0.536. The summed E-state index contributed by atoms with van der Waals surface area (Å²) in [5.41, 5.74) is -0.241. The molecule has 0 aliphatic carbocycles. The van der Waals surface area contributed by atoms with Gasteiger partial charge in [0.15, 0.2) is 0 Å². The van der Waals surface area contributed by atoms with Crippen LogP contribution >= 0.6 is 11.6 Å². The highest BCUT2D eigenvalue weighted by molar-refractivity contribution is 6.29. The third-order valence-corrected chi connectivity index (χ3v) is 0.966.